The smallest absolute Gasteiger partial charge is 0.312 e. The molecule has 0 saturated carbocycles. The van der Waals surface area contributed by atoms with Gasteiger partial charge in [0.25, 0.3) is 0 Å². The molecule has 3 aliphatic heterocycles. The Morgan fingerprint density at radius 2 is 2.00 bits per heavy atom. The molecular weight excluding hydrogens is 594 g/mol. The molecule has 8 atom stereocenters. The lowest BCUT2D eigenvalue weighted by Crippen LogP contribution is -2.60. The van der Waals surface area contributed by atoms with Crippen LogP contribution in [0.1, 0.15) is 59.8 Å². The van der Waals surface area contributed by atoms with Crippen LogP contribution in [0.25, 0.3) is 0 Å². The third-order valence-corrected chi connectivity index (χ3v) is 9.31. The Bertz CT molecular complexity index is 1010. The summed E-state index contributed by atoms with van der Waals surface area (Å²) in [5.74, 6) is -3.42. The van der Waals surface area contributed by atoms with Crippen LogP contribution in [0, 0.1) is 17.8 Å². The number of unbranched alkanes of at least 4 members (excludes halogenated alkanes) is 1. The molecule has 2 N–H and O–H groups in total. The molecule has 3 saturated heterocycles. The fourth-order valence-electron chi connectivity index (χ4n) is 6.46. The molecule has 0 aromatic carbocycles. The standard InChI is InChI=1S/C30H46BrN3O7/c1-7-10-12-22(36)32-16-19(6)40-29(39)23-24-27(37)34(21(17-35)18(4)5)26(30(24)15-20(31)25(23)41-30)28(38)33(13-9-3)14-11-8-2/h7,9,18-21,23-26,35H,1,3,8,10-17H2,2,4-6H3,(H,32,36)/t19-,20?,21-,23+,24-,25+,26+,30-/m0/s1. The van der Waals surface area contributed by atoms with E-state index in [4.69, 9.17) is 9.47 Å². The normalized spacial score (nSPS) is 29.7. The van der Waals surface area contributed by atoms with E-state index in [1.165, 1.54) is 4.90 Å². The number of halogens is 1. The lowest BCUT2D eigenvalue weighted by Gasteiger charge is -2.40. The maximum absolute atomic E-state index is 14.3. The van der Waals surface area contributed by atoms with Crippen molar-refractivity contribution >= 4 is 39.6 Å². The predicted molar refractivity (Wildman–Crippen MR) is 158 cm³/mol. The fourth-order valence-corrected chi connectivity index (χ4v) is 7.40. The molecule has 0 aromatic rings. The lowest BCUT2D eigenvalue weighted by atomic mass is 9.70. The Balaban J connectivity index is 1.94. The molecule has 1 spiro atoms. The second kappa shape index (κ2) is 14.3. The van der Waals surface area contributed by atoms with Crippen molar-refractivity contribution in [1.82, 2.24) is 15.1 Å². The van der Waals surface area contributed by atoms with Gasteiger partial charge in [0.1, 0.15) is 17.7 Å². The highest BCUT2D eigenvalue weighted by Crippen LogP contribution is 2.61. The minimum absolute atomic E-state index is 0.128. The molecule has 10 nitrogen and oxygen atoms in total. The highest BCUT2D eigenvalue weighted by molar-refractivity contribution is 9.09. The number of aliphatic hydroxyl groups excluding tert-OH is 1. The maximum atomic E-state index is 14.3. The summed E-state index contributed by atoms with van der Waals surface area (Å²) in [5, 5.41) is 13.1. The first-order valence-corrected chi connectivity index (χ1v) is 15.6. The van der Waals surface area contributed by atoms with Crippen molar-refractivity contribution in [2.75, 3.05) is 26.2 Å². The van der Waals surface area contributed by atoms with E-state index in [0.717, 1.165) is 12.8 Å². The third-order valence-electron chi connectivity index (χ3n) is 8.47. The monoisotopic (exact) mass is 639 g/mol. The number of carbonyl (C=O) groups is 4. The molecule has 2 bridgehead atoms. The Kier molecular flexibility index (Phi) is 11.6. The Hall–Kier alpha value is -2.24. The van der Waals surface area contributed by atoms with E-state index in [1.807, 2.05) is 20.8 Å². The zero-order valence-electron chi connectivity index (χ0n) is 24.7. The van der Waals surface area contributed by atoms with Crippen molar-refractivity contribution in [3.05, 3.63) is 25.3 Å². The Labute approximate surface area is 252 Å². The van der Waals surface area contributed by atoms with E-state index < -0.39 is 47.7 Å². The number of rotatable bonds is 16. The van der Waals surface area contributed by atoms with E-state index >= 15 is 0 Å². The van der Waals surface area contributed by atoms with Crippen molar-refractivity contribution in [2.24, 2.45) is 17.8 Å². The van der Waals surface area contributed by atoms with Gasteiger partial charge in [0.05, 0.1) is 37.1 Å². The molecule has 3 heterocycles. The van der Waals surface area contributed by atoms with E-state index in [-0.39, 0.29) is 41.6 Å². The zero-order chi connectivity index (χ0) is 30.5. The average Bonchev–Trinajstić information content (AvgIpc) is 3.52. The molecule has 1 unspecified atom stereocenters. The van der Waals surface area contributed by atoms with E-state index in [9.17, 15) is 24.3 Å². The largest absolute Gasteiger partial charge is 0.460 e. The van der Waals surface area contributed by atoms with Crippen molar-refractivity contribution < 1.29 is 33.8 Å². The number of nitrogens with one attached hydrogen (secondary N) is 1. The van der Waals surface area contributed by atoms with Gasteiger partial charge in [-0.3, -0.25) is 19.2 Å². The minimum Gasteiger partial charge on any atom is -0.460 e. The van der Waals surface area contributed by atoms with Gasteiger partial charge in [-0.15, -0.1) is 13.2 Å². The third kappa shape index (κ3) is 6.57. The molecule has 0 aliphatic carbocycles. The zero-order valence-corrected chi connectivity index (χ0v) is 26.3. The number of nitrogens with zero attached hydrogens (tertiary/aromatic N) is 2. The number of amides is 3. The fraction of sp³-hybridized carbons (Fsp3) is 0.733. The van der Waals surface area contributed by atoms with Gasteiger partial charge in [-0.1, -0.05) is 55.3 Å². The van der Waals surface area contributed by atoms with Gasteiger partial charge in [-0.25, -0.2) is 0 Å². The minimum atomic E-state index is -1.24. The maximum Gasteiger partial charge on any atom is 0.312 e. The van der Waals surface area contributed by atoms with Crippen molar-refractivity contribution in [1.29, 1.82) is 0 Å². The number of fused-ring (bicyclic) bond motifs is 1. The summed E-state index contributed by atoms with van der Waals surface area (Å²) in [7, 11) is 0. The predicted octanol–water partition coefficient (Wildman–Crippen LogP) is 2.58. The quantitative estimate of drug-likeness (QED) is 0.151. The summed E-state index contributed by atoms with van der Waals surface area (Å²) in [6, 6.07) is -1.63. The first kappa shape index (κ1) is 33.3. The highest BCUT2D eigenvalue weighted by atomic mass is 79.9. The van der Waals surface area contributed by atoms with Gasteiger partial charge in [0, 0.05) is 24.3 Å². The van der Waals surface area contributed by atoms with Crippen LogP contribution in [0.3, 0.4) is 0 Å². The summed E-state index contributed by atoms with van der Waals surface area (Å²) in [4.78, 5) is 57.1. The molecule has 3 fully saturated rings. The average molecular weight is 641 g/mol. The summed E-state index contributed by atoms with van der Waals surface area (Å²) in [6.07, 6.45) is 4.90. The highest BCUT2D eigenvalue weighted by Gasteiger charge is 2.77. The molecular formula is C30H46BrN3O7. The number of allylic oxidation sites excluding steroid dienone is 1. The molecule has 3 rings (SSSR count). The van der Waals surface area contributed by atoms with Crippen LogP contribution in [-0.2, 0) is 28.7 Å². The number of aliphatic hydroxyl groups is 1. The summed E-state index contributed by atoms with van der Waals surface area (Å²) < 4.78 is 12.3. The second-order valence-corrected chi connectivity index (χ2v) is 12.9. The van der Waals surface area contributed by atoms with E-state index in [1.54, 1.807) is 24.0 Å². The second-order valence-electron chi connectivity index (χ2n) is 11.7. The van der Waals surface area contributed by atoms with Crippen LogP contribution in [0.15, 0.2) is 25.3 Å². The lowest BCUT2D eigenvalue weighted by molar-refractivity contribution is -0.160. The van der Waals surface area contributed by atoms with E-state index in [2.05, 4.69) is 34.4 Å². The van der Waals surface area contributed by atoms with Gasteiger partial charge in [0.15, 0.2) is 0 Å². The van der Waals surface area contributed by atoms with Crippen LogP contribution >= 0.6 is 15.9 Å². The Morgan fingerprint density at radius 3 is 2.59 bits per heavy atom. The van der Waals surface area contributed by atoms with Crippen LogP contribution in [0.4, 0.5) is 0 Å². The summed E-state index contributed by atoms with van der Waals surface area (Å²) >= 11 is 3.67. The molecule has 0 aromatic heterocycles. The Morgan fingerprint density at radius 1 is 1.29 bits per heavy atom. The molecule has 230 valence electrons. The summed E-state index contributed by atoms with van der Waals surface area (Å²) in [5.41, 5.74) is -1.24. The van der Waals surface area contributed by atoms with Gasteiger partial charge >= 0.3 is 5.97 Å². The summed E-state index contributed by atoms with van der Waals surface area (Å²) in [6.45, 7) is 15.5. The van der Waals surface area contributed by atoms with Crippen molar-refractivity contribution in [3.8, 4) is 0 Å². The van der Waals surface area contributed by atoms with Gasteiger partial charge < -0.3 is 29.7 Å². The van der Waals surface area contributed by atoms with Crippen LogP contribution < -0.4 is 5.32 Å². The van der Waals surface area contributed by atoms with Crippen molar-refractivity contribution in [3.63, 3.8) is 0 Å². The first-order chi connectivity index (χ1) is 19.5. The van der Waals surface area contributed by atoms with Gasteiger partial charge in [-0.05, 0) is 32.1 Å². The molecule has 3 aliphatic rings. The van der Waals surface area contributed by atoms with Crippen LogP contribution in [-0.4, -0.2) is 99.6 Å². The van der Waals surface area contributed by atoms with Gasteiger partial charge in [-0.2, -0.15) is 0 Å². The molecule has 41 heavy (non-hydrogen) atoms. The molecule has 3 amide bonds. The first-order valence-electron chi connectivity index (χ1n) is 14.7. The number of hydrogen-bond acceptors (Lipinski definition) is 7. The van der Waals surface area contributed by atoms with E-state index in [0.29, 0.717) is 32.4 Å². The number of likely N-dealkylation sites (tertiary alicyclic amines) is 1. The SMILES string of the molecule is C=CCCC(=O)NC[C@H](C)OC(=O)[C@H]1[C@@H]2O[C@@]3(CC2Br)[C@@H]1C(=O)N([C@@H](CO)C(C)C)[C@@H]3C(=O)N(CC=C)CCCC. The van der Waals surface area contributed by atoms with Gasteiger partial charge in [0.2, 0.25) is 17.7 Å². The van der Waals surface area contributed by atoms with Crippen molar-refractivity contribution in [2.45, 2.75) is 94.5 Å². The van der Waals surface area contributed by atoms with Crippen LogP contribution in [0.2, 0.25) is 0 Å². The number of hydrogen-bond donors (Lipinski definition) is 2. The number of esters is 1. The topological polar surface area (TPSA) is 125 Å². The number of carbonyl (C=O) groups excluding carboxylic acids is 4. The number of alkyl halides is 1. The van der Waals surface area contributed by atoms with Crippen LogP contribution in [0.5, 0.6) is 0 Å². The molecule has 0 radical (unpaired) electrons. The number of ether oxygens (including phenoxy) is 2. The molecule has 11 heteroatoms.